The smallest absolute Gasteiger partial charge is 0.0314 e. The van der Waals surface area contributed by atoms with E-state index in [1.807, 2.05) is 12.1 Å². The first kappa shape index (κ1) is 12.5. The Kier molecular flexibility index (Phi) is 4.09. The van der Waals surface area contributed by atoms with Gasteiger partial charge in [-0.2, -0.15) is 0 Å². The van der Waals surface area contributed by atoms with E-state index in [0.717, 1.165) is 23.4 Å². The zero-order chi connectivity index (χ0) is 12.3. The lowest BCUT2D eigenvalue weighted by Crippen LogP contribution is -2.15. The van der Waals surface area contributed by atoms with E-state index in [2.05, 4.69) is 26.0 Å². The van der Waals surface area contributed by atoms with Crippen LogP contribution in [0, 0.1) is 11.8 Å². The molecule has 1 aromatic rings. The minimum Gasteiger partial charge on any atom is -0.399 e. The van der Waals surface area contributed by atoms with Gasteiger partial charge in [-0.15, -0.1) is 0 Å². The first-order valence-electron chi connectivity index (χ1n) is 7.00. The molecule has 17 heavy (non-hydrogen) atoms. The molecule has 0 heterocycles. The van der Waals surface area contributed by atoms with Crippen LogP contribution >= 0.6 is 0 Å². The van der Waals surface area contributed by atoms with E-state index in [-0.39, 0.29) is 0 Å². The second-order valence-electron chi connectivity index (χ2n) is 6.01. The van der Waals surface area contributed by atoms with Gasteiger partial charge in [-0.25, -0.2) is 0 Å². The minimum atomic E-state index is 0.777. The molecule has 0 atom stereocenters. The maximum Gasteiger partial charge on any atom is 0.0314 e. The first-order valence-corrected chi connectivity index (χ1v) is 7.00. The van der Waals surface area contributed by atoms with Gasteiger partial charge in [0.15, 0.2) is 0 Å². The molecule has 1 aliphatic carbocycles. The van der Waals surface area contributed by atoms with Crippen LogP contribution in [0.3, 0.4) is 0 Å². The highest BCUT2D eigenvalue weighted by atomic mass is 14.5. The summed E-state index contributed by atoms with van der Waals surface area (Å²) in [5.74, 6) is 2.60. The fourth-order valence-electron chi connectivity index (χ4n) is 3.17. The van der Waals surface area contributed by atoms with Gasteiger partial charge >= 0.3 is 0 Å². The van der Waals surface area contributed by atoms with Crippen molar-refractivity contribution in [3.8, 4) is 0 Å². The van der Waals surface area contributed by atoms with E-state index >= 15 is 0 Å². The molecule has 0 radical (unpaired) electrons. The lowest BCUT2D eigenvalue weighted by atomic mass is 9.76. The molecule has 1 nitrogen and oxygen atoms in total. The molecule has 0 saturated heterocycles. The van der Waals surface area contributed by atoms with Crippen molar-refractivity contribution >= 4 is 5.69 Å². The molecule has 0 aliphatic heterocycles. The molecule has 0 unspecified atom stereocenters. The van der Waals surface area contributed by atoms with Crippen LogP contribution in [-0.4, -0.2) is 0 Å². The summed E-state index contributed by atoms with van der Waals surface area (Å²) in [5.41, 5.74) is 8.10. The van der Waals surface area contributed by atoms with E-state index in [0.29, 0.717) is 0 Å². The van der Waals surface area contributed by atoms with Crippen LogP contribution in [0.25, 0.3) is 0 Å². The minimum absolute atomic E-state index is 0.777. The van der Waals surface area contributed by atoms with Gasteiger partial charge in [-0.05, 0) is 67.6 Å². The Morgan fingerprint density at radius 3 is 2.18 bits per heavy atom. The summed E-state index contributed by atoms with van der Waals surface area (Å²) in [6.07, 6.45) is 6.96. The Labute approximate surface area is 105 Å². The van der Waals surface area contributed by atoms with Crippen molar-refractivity contribution in [1.82, 2.24) is 0 Å². The highest BCUT2D eigenvalue weighted by molar-refractivity contribution is 5.40. The topological polar surface area (TPSA) is 26.0 Å². The van der Waals surface area contributed by atoms with Crippen molar-refractivity contribution < 1.29 is 0 Å². The predicted octanol–water partition coefficient (Wildman–Crippen LogP) is 4.59. The summed E-state index contributed by atoms with van der Waals surface area (Å²) in [4.78, 5) is 0. The average molecular weight is 231 g/mol. The monoisotopic (exact) mass is 231 g/mol. The van der Waals surface area contributed by atoms with Crippen LogP contribution in [0.2, 0.25) is 0 Å². The summed E-state index contributed by atoms with van der Waals surface area (Å²) in [5, 5.41) is 0. The molecule has 1 fully saturated rings. The van der Waals surface area contributed by atoms with Crippen molar-refractivity contribution in [3.05, 3.63) is 29.8 Å². The van der Waals surface area contributed by atoms with E-state index in [4.69, 9.17) is 5.73 Å². The fourth-order valence-corrected chi connectivity index (χ4v) is 3.17. The van der Waals surface area contributed by atoms with Crippen LogP contribution < -0.4 is 5.73 Å². The standard InChI is InChI=1S/C16H25N/c1-12(2)11-13-3-5-14(6-4-13)15-7-9-16(17)10-8-15/h7-10,12-14H,3-6,11,17H2,1-2H3/t13-,14-. The van der Waals surface area contributed by atoms with Crippen LogP contribution in [0.1, 0.15) is 57.4 Å². The Bertz CT molecular complexity index is 331. The summed E-state index contributed by atoms with van der Waals surface area (Å²) in [6, 6.07) is 8.50. The maximum atomic E-state index is 5.73. The van der Waals surface area contributed by atoms with Crippen molar-refractivity contribution in [2.24, 2.45) is 11.8 Å². The van der Waals surface area contributed by atoms with E-state index in [1.165, 1.54) is 37.7 Å². The van der Waals surface area contributed by atoms with E-state index in [9.17, 15) is 0 Å². The van der Waals surface area contributed by atoms with Gasteiger partial charge < -0.3 is 5.73 Å². The van der Waals surface area contributed by atoms with Crippen LogP contribution in [-0.2, 0) is 0 Å². The quantitative estimate of drug-likeness (QED) is 0.757. The first-order chi connectivity index (χ1) is 8.15. The number of hydrogen-bond acceptors (Lipinski definition) is 1. The summed E-state index contributed by atoms with van der Waals surface area (Å²) >= 11 is 0. The highest BCUT2D eigenvalue weighted by Crippen LogP contribution is 2.38. The van der Waals surface area contributed by atoms with E-state index < -0.39 is 0 Å². The van der Waals surface area contributed by atoms with E-state index in [1.54, 1.807) is 0 Å². The number of rotatable bonds is 3. The molecule has 2 rings (SSSR count). The Morgan fingerprint density at radius 1 is 1.06 bits per heavy atom. The zero-order valence-electron chi connectivity index (χ0n) is 11.2. The maximum absolute atomic E-state index is 5.73. The van der Waals surface area contributed by atoms with Gasteiger partial charge in [-0.3, -0.25) is 0 Å². The molecule has 1 aliphatic rings. The van der Waals surface area contributed by atoms with Crippen molar-refractivity contribution in [2.45, 2.75) is 51.9 Å². The molecule has 0 aromatic heterocycles. The molecule has 94 valence electrons. The van der Waals surface area contributed by atoms with Gasteiger partial charge in [0, 0.05) is 5.69 Å². The molecular formula is C16H25N. The second kappa shape index (κ2) is 5.57. The Hall–Kier alpha value is -0.980. The largest absolute Gasteiger partial charge is 0.399 e. The predicted molar refractivity (Wildman–Crippen MR) is 75.0 cm³/mol. The number of benzene rings is 1. The Balaban J connectivity index is 1.88. The highest BCUT2D eigenvalue weighted by Gasteiger charge is 2.22. The lowest BCUT2D eigenvalue weighted by molar-refractivity contribution is 0.283. The number of nitrogens with two attached hydrogens (primary N) is 1. The molecule has 1 saturated carbocycles. The van der Waals surface area contributed by atoms with Gasteiger partial charge in [0.2, 0.25) is 0 Å². The summed E-state index contributed by atoms with van der Waals surface area (Å²) < 4.78 is 0. The van der Waals surface area contributed by atoms with Crippen molar-refractivity contribution in [2.75, 3.05) is 5.73 Å². The number of hydrogen-bond donors (Lipinski definition) is 1. The number of nitrogen functional groups attached to an aromatic ring is 1. The van der Waals surface area contributed by atoms with Gasteiger partial charge in [-0.1, -0.05) is 26.0 Å². The summed E-state index contributed by atoms with van der Waals surface area (Å²) in [7, 11) is 0. The third-order valence-corrected chi connectivity index (χ3v) is 4.06. The average Bonchev–Trinajstić information content (AvgIpc) is 2.30. The van der Waals surface area contributed by atoms with Gasteiger partial charge in [0.25, 0.3) is 0 Å². The van der Waals surface area contributed by atoms with Crippen LogP contribution in [0.15, 0.2) is 24.3 Å². The molecule has 2 N–H and O–H groups in total. The number of anilines is 1. The van der Waals surface area contributed by atoms with Crippen molar-refractivity contribution in [1.29, 1.82) is 0 Å². The van der Waals surface area contributed by atoms with Crippen LogP contribution in [0.5, 0.6) is 0 Å². The zero-order valence-corrected chi connectivity index (χ0v) is 11.2. The molecule has 0 amide bonds. The molecular weight excluding hydrogens is 206 g/mol. The molecule has 0 bridgehead atoms. The van der Waals surface area contributed by atoms with Crippen molar-refractivity contribution in [3.63, 3.8) is 0 Å². The normalized spacial score (nSPS) is 25.1. The second-order valence-corrected chi connectivity index (χ2v) is 6.01. The molecule has 0 spiro atoms. The fraction of sp³-hybridized carbons (Fsp3) is 0.625. The molecule has 1 heteroatoms. The SMILES string of the molecule is CC(C)C[C@H]1CC[C@H](c2ccc(N)cc2)CC1. The van der Waals surface area contributed by atoms with Gasteiger partial charge in [0.1, 0.15) is 0 Å². The summed E-state index contributed by atoms with van der Waals surface area (Å²) in [6.45, 7) is 4.68. The lowest BCUT2D eigenvalue weighted by Gasteiger charge is -2.29. The molecule has 1 aromatic carbocycles. The Morgan fingerprint density at radius 2 is 1.65 bits per heavy atom. The third-order valence-electron chi connectivity index (χ3n) is 4.06. The third kappa shape index (κ3) is 3.49. The van der Waals surface area contributed by atoms with Crippen LogP contribution in [0.4, 0.5) is 5.69 Å². The van der Waals surface area contributed by atoms with Gasteiger partial charge in [0.05, 0.1) is 0 Å².